The molecule has 0 saturated heterocycles. The van der Waals surface area contributed by atoms with Crippen LogP contribution >= 0.6 is 12.2 Å². The van der Waals surface area contributed by atoms with Gasteiger partial charge in [0.25, 0.3) is 0 Å². The Balaban J connectivity index is 3.68. The van der Waals surface area contributed by atoms with E-state index in [1.165, 1.54) is 0 Å². The fourth-order valence-electron chi connectivity index (χ4n) is 0.749. The molecule has 2 N–H and O–H groups in total. The summed E-state index contributed by atoms with van der Waals surface area (Å²) in [5.74, 6) is 0. The lowest BCUT2D eigenvalue weighted by Crippen LogP contribution is -2.45. The highest BCUT2D eigenvalue weighted by Gasteiger charge is 2.14. The maximum Gasteiger partial charge on any atom is 0.0897 e. The standard InChI is InChI=1S/C9H20N2S/c1-5-9(3,4)11-8(12)7-10-6-2/h10H,5-7H2,1-4H3,(H,11,12). The first-order valence-corrected chi connectivity index (χ1v) is 4.94. The molecule has 0 bridgehead atoms. The zero-order valence-corrected chi connectivity index (χ0v) is 9.35. The molecule has 0 atom stereocenters. The van der Waals surface area contributed by atoms with Crippen molar-refractivity contribution >= 4 is 17.2 Å². The maximum absolute atomic E-state index is 5.16. The van der Waals surface area contributed by atoms with Crippen LogP contribution in [0.15, 0.2) is 0 Å². The minimum atomic E-state index is 0.131. The van der Waals surface area contributed by atoms with Gasteiger partial charge in [0.05, 0.1) is 4.99 Å². The third kappa shape index (κ3) is 5.49. The second kappa shape index (κ2) is 5.49. The van der Waals surface area contributed by atoms with Crippen LogP contribution in [-0.4, -0.2) is 23.6 Å². The van der Waals surface area contributed by atoms with Crippen molar-refractivity contribution in [2.75, 3.05) is 13.1 Å². The van der Waals surface area contributed by atoms with E-state index >= 15 is 0 Å². The number of hydrogen-bond acceptors (Lipinski definition) is 2. The van der Waals surface area contributed by atoms with E-state index in [2.05, 4.69) is 38.3 Å². The van der Waals surface area contributed by atoms with E-state index < -0.39 is 0 Å². The second-order valence-electron chi connectivity index (χ2n) is 3.57. The van der Waals surface area contributed by atoms with Gasteiger partial charge in [-0.25, -0.2) is 0 Å². The van der Waals surface area contributed by atoms with Crippen LogP contribution in [0.25, 0.3) is 0 Å². The lowest BCUT2D eigenvalue weighted by atomic mass is 10.0. The number of thiocarbonyl (C=S) groups is 1. The summed E-state index contributed by atoms with van der Waals surface area (Å²) in [6, 6.07) is 0. The Morgan fingerprint density at radius 2 is 1.92 bits per heavy atom. The third-order valence-corrected chi connectivity index (χ3v) is 2.14. The van der Waals surface area contributed by atoms with Crippen molar-refractivity contribution in [3.8, 4) is 0 Å². The molecule has 0 aromatic rings. The first kappa shape index (κ1) is 11.8. The SMILES string of the molecule is CCNCC(=S)NC(C)(C)CC. The summed E-state index contributed by atoms with van der Waals surface area (Å²) in [6.45, 7) is 10.3. The molecule has 0 radical (unpaired) electrons. The smallest absolute Gasteiger partial charge is 0.0897 e. The van der Waals surface area contributed by atoms with Gasteiger partial charge in [-0.3, -0.25) is 0 Å². The van der Waals surface area contributed by atoms with Gasteiger partial charge in [-0.05, 0) is 26.8 Å². The van der Waals surface area contributed by atoms with Gasteiger partial charge in [0, 0.05) is 12.1 Å². The fraction of sp³-hybridized carbons (Fsp3) is 0.889. The molecule has 0 aliphatic rings. The van der Waals surface area contributed by atoms with Crippen LogP contribution in [0.3, 0.4) is 0 Å². The molecule has 0 fully saturated rings. The highest BCUT2D eigenvalue weighted by molar-refractivity contribution is 7.80. The van der Waals surface area contributed by atoms with Crippen LogP contribution in [0.4, 0.5) is 0 Å². The topological polar surface area (TPSA) is 24.1 Å². The minimum Gasteiger partial charge on any atom is -0.374 e. The molecule has 0 aromatic heterocycles. The molecule has 2 nitrogen and oxygen atoms in total. The molecular formula is C9H20N2S. The van der Waals surface area contributed by atoms with Crippen LogP contribution in [-0.2, 0) is 0 Å². The average molecular weight is 188 g/mol. The Bertz CT molecular complexity index is 143. The van der Waals surface area contributed by atoms with Crippen LogP contribution in [0.5, 0.6) is 0 Å². The van der Waals surface area contributed by atoms with E-state index in [9.17, 15) is 0 Å². The van der Waals surface area contributed by atoms with Crippen molar-refractivity contribution in [2.45, 2.75) is 39.7 Å². The third-order valence-electron chi connectivity index (χ3n) is 1.90. The zero-order chi connectivity index (χ0) is 9.61. The summed E-state index contributed by atoms with van der Waals surface area (Å²) in [5.41, 5.74) is 0.131. The Morgan fingerprint density at radius 3 is 2.33 bits per heavy atom. The first-order chi connectivity index (χ1) is 5.52. The van der Waals surface area contributed by atoms with Gasteiger partial charge in [-0.2, -0.15) is 0 Å². The monoisotopic (exact) mass is 188 g/mol. The van der Waals surface area contributed by atoms with E-state index in [4.69, 9.17) is 12.2 Å². The number of likely N-dealkylation sites (N-methyl/N-ethyl adjacent to an activating group) is 1. The summed E-state index contributed by atoms with van der Waals surface area (Å²) in [7, 11) is 0. The summed E-state index contributed by atoms with van der Waals surface area (Å²) in [6.07, 6.45) is 1.08. The normalized spacial score (nSPS) is 11.3. The summed E-state index contributed by atoms with van der Waals surface area (Å²) in [5, 5.41) is 6.50. The van der Waals surface area contributed by atoms with E-state index in [0.29, 0.717) is 0 Å². The summed E-state index contributed by atoms with van der Waals surface area (Å²) < 4.78 is 0. The molecule has 0 heterocycles. The highest BCUT2D eigenvalue weighted by Crippen LogP contribution is 2.06. The van der Waals surface area contributed by atoms with E-state index in [-0.39, 0.29) is 5.54 Å². The van der Waals surface area contributed by atoms with Crippen LogP contribution in [0, 0.1) is 0 Å². The molecule has 3 heteroatoms. The maximum atomic E-state index is 5.16. The molecule has 0 aliphatic heterocycles. The molecule has 0 amide bonds. The summed E-state index contributed by atoms with van der Waals surface area (Å²) in [4.78, 5) is 0.906. The van der Waals surface area contributed by atoms with Crippen LogP contribution < -0.4 is 10.6 Å². The molecular weight excluding hydrogens is 168 g/mol. The van der Waals surface area contributed by atoms with Crippen molar-refractivity contribution in [3.63, 3.8) is 0 Å². The van der Waals surface area contributed by atoms with Gasteiger partial charge in [0.1, 0.15) is 0 Å². The van der Waals surface area contributed by atoms with Gasteiger partial charge < -0.3 is 10.6 Å². The van der Waals surface area contributed by atoms with Gasteiger partial charge in [0.15, 0.2) is 0 Å². The average Bonchev–Trinajstić information content (AvgIpc) is 2.00. The highest BCUT2D eigenvalue weighted by atomic mass is 32.1. The molecule has 72 valence electrons. The van der Waals surface area contributed by atoms with Crippen molar-refractivity contribution in [1.82, 2.24) is 10.6 Å². The van der Waals surface area contributed by atoms with Crippen LogP contribution in [0.1, 0.15) is 34.1 Å². The minimum absolute atomic E-state index is 0.131. The van der Waals surface area contributed by atoms with Crippen molar-refractivity contribution in [2.24, 2.45) is 0 Å². The summed E-state index contributed by atoms with van der Waals surface area (Å²) >= 11 is 5.16. The van der Waals surface area contributed by atoms with Crippen molar-refractivity contribution < 1.29 is 0 Å². The Morgan fingerprint density at radius 1 is 1.33 bits per heavy atom. The number of nitrogens with one attached hydrogen (secondary N) is 2. The Labute approximate surface area is 81.1 Å². The van der Waals surface area contributed by atoms with Gasteiger partial charge in [-0.1, -0.05) is 26.1 Å². The van der Waals surface area contributed by atoms with Gasteiger partial charge >= 0.3 is 0 Å². The predicted octanol–water partition coefficient (Wildman–Crippen LogP) is 1.70. The number of rotatable bonds is 5. The van der Waals surface area contributed by atoms with E-state index in [1.54, 1.807) is 0 Å². The molecule has 0 aromatic carbocycles. The van der Waals surface area contributed by atoms with Crippen molar-refractivity contribution in [1.29, 1.82) is 0 Å². The van der Waals surface area contributed by atoms with E-state index in [0.717, 1.165) is 24.5 Å². The molecule has 12 heavy (non-hydrogen) atoms. The lowest BCUT2D eigenvalue weighted by Gasteiger charge is -2.26. The van der Waals surface area contributed by atoms with Crippen molar-refractivity contribution in [3.05, 3.63) is 0 Å². The van der Waals surface area contributed by atoms with E-state index in [1.807, 2.05) is 0 Å². The molecule has 0 saturated carbocycles. The molecule has 0 unspecified atom stereocenters. The molecule has 0 aliphatic carbocycles. The zero-order valence-electron chi connectivity index (χ0n) is 8.53. The largest absolute Gasteiger partial charge is 0.374 e. The first-order valence-electron chi connectivity index (χ1n) is 4.53. The second-order valence-corrected chi connectivity index (χ2v) is 4.06. The number of hydrogen-bond donors (Lipinski definition) is 2. The van der Waals surface area contributed by atoms with Gasteiger partial charge in [0.2, 0.25) is 0 Å². The van der Waals surface area contributed by atoms with Crippen LogP contribution in [0.2, 0.25) is 0 Å². The Hall–Kier alpha value is -0.150. The quantitative estimate of drug-likeness (QED) is 0.642. The molecule has 0 rings (SSSR count). The lowest BCUT2D eigenvalue weighted by molar-refractivity contribution is 0.445. The fourth-order valence-corrected chi connectivity index (χ4v) is 1.13. The molecule has 0 spiro atoms. The Kier molecular flexibility index (Phi) is 5.42. The van der Waals surface area contributed by atoms with Gasteiger partial charge in [-0.15, -0.1) is 0 Å². The predicted molar refractivity (Wildman–Crippen MR) is 58.6 cm³/mol.